The molecule has 0 unspecified atom stereocenters. The summed E-state index contributed by atoms with van der Waals surface area (Å²) < 4.78 is 11.9. The maximum atomic E-state index is 5.43. The van der Waals surface area contributed by atoms with E-state index in [9.17, 15) is 0 Å². The molecule has 1 aliphatic rings. The summed E-state index contributed by atoms with van der Waals surface area (Å²) in [6.07, 6.45) is 4.08. The molecule has 1 aliphatic heterocycles. The highest BCUT2D eigenvalue weighted by Gasteiger charge is 2.15. The Labute approximate surface area is 141 Å². The molecule has 108 valence electrons. The van der Waals surface area contributed by atoms with Crippen LogP contribution in [0.4, 0.5) is 0 Å². The molecule has 3 nitrogen and oxygen atoms in total. The van der Waals surface area contributed by atoms with Gasteiger partial charge in [-0.2, -0.15) is 0 Å². The number of hydrogen-bond acceptors (Lipinski definition) is 3. The van der Waals surface area contributed by atoms with Crippen LogP contribution in [-0.4, -0.2) is 11.8 Å². The highest BCUT2D eigenvalue weighted by molar-refractivity contribution is 14.1. The number of pyridine rings is 1. The molecule has 22 heavy (non-hydrogen) atoms. The van der Waals surface area contributed by atoms with Crippen LogP contribution in [0.1, 0.15) is 11.3 Å². The van der Waals surface area contributed by atoms with Crippen molar-refractivity contribution in [3.63, 3.8) is 0 Å². The molecule has 0 aliphatic carbocycles. The minimum absolute atomic E-state index is 0.296. The number of fused-ring (bicyclic) bond motifs is 2. The molecule has 3 aromatic rings. The predicted molar refractivity (Wildman–Crippen MR) is 96.0 cm³/mol. The minimum atomic E-state index is 0.296. The normalized spacial score (nSPS) is 13.1. The number of rotatable bonds is 2. The lowest BCUT2D eigenvalue weighted by Crippen LogP contribution is -1.92. The summed E-state index contributed by atoms with van der Waals surface area (Å²) >= 11 is 2.30. The molecular formula is C18H12INO2. The van der Waals surface area contributed by atoms with Gasteiger partial charge in [0.1, 0.15) is 0 Å². The number of halogens is 1. The van der Waals surface area contributed by atoms with E-state index in [-0.39, 0.29) is 0 Å². The van der Waals surface area contributed by atoms with Crippen LogP contribution in [0.2, 0.25) is 0 Å². The van der Waals surface area contributed by atoms with E-state index < -0.39 is 0 Å². The van der Waals surface area contributed by atoms with E-state index in [1.165, 1.54) is 0 Å². The van der Waals surface area contributed by atoms with Crippen molar-refractivity contribution in [1.82, 2.24) is 4.98 Å². The summed E-state index contributed by atoms with van der Waals surface area (Å²) in [5.74, 6) is 1.61. The standard InChI is InChI=1S/C18H12INO2/c19-15-10-18-17(21-11-22-18)9-13(15)6-8-14-7-5-12-3-1-2-4-16(12)20-14/h1-10H,11H2/b8-6-. The zero-order valence-electron chi connectivity index (χ0n) is 11.6. The van der Waals surface area contributed by atoms with Crippen LogP contribution in [0, 0.1) is 3.57 Å². The first-order valence-corrected chi connectivity index (χ1v) is 8.00. The molecule has 0 radical (unpaired) electrons. The highest BCUT2D eigenvalue weighted by Crippen LogP contribution is 2.35. The molecule has 0 saturated heterocycles. The van der Waals surface area contributed by atoms with E-state index in [1.54, 1.807) is 0 Å². The van der Waals surface area contributed by atoms with Crippen LogP contribution < -0.4 is 9.47 Å². The molecule has 4 heteroatoms. The molecule has 0 N–H and O–H groups in total. The number of nitrogens with zero attached hydrogens (tertiary/aromatic N) is 1. The Balaban J connectivity index is 1.68. The third-order valence-electron chi connectivity index (χ3n) is 3.55. The van der Waals surface area contributed by atoms with Crippen LogP contribution >= 0.6 is 22.6 Å². The molecule has 0 fully saturated rings. The number of benzene rings is 2. The van der Waals surface area contributed by atoms with Gasteiger partial charge in [-0.1, -0.05) is 30.3 Å². The monoisotopic (exact) mass is 401 g/mol. The fourth-order valence-corrected chi connectivity index (χ4v) is 3.03. The summed E-state index contributed by atoms with van der Waals surface area (Å²) in [4.78, 5) is 4.65. The topological polar surface area (TPSA) is 31.4 Å². The molecule has 0 amide bonds. The van der Waals surface area contributed by atoms with Crippen LogP contribution in [-0.2, 0) is 0 Å². The fourth-order valence-electron chi connectivity index (χ4n) is 2.41. The summed E-state index contributed by atoms with van der Waals surface area (Å²) in [7, 11) is 0. The lowest BCUT2D eigenvalue weighted by molar-refractivity contribution is 0.174. The number of hydrogen-bond donors (Lipinski definition) is 0. The van der Waals surface area contributed by atoms with Crippen molar-refractivity contribution in [2.24, 2.45) is 0 Å². The van der Waals surface area contributed by atoms with E-state index in [4.69, 9.17) is 9.47 Å². The summed E-state index contributed by atoms with van der Waals surface area (Å²) in [6, 6.07) is 16.2. The lowest BCUT2D eigenvalue weighted by atomic mass is 10.1. The average molecular weight is 401 g/mol. The first-order valence-electron chi connectivity index (χ1n) is 6.93. The van der Waals surface area contributed by atoms with Crippen molar-refractivity contribution in [3.8, 4) is 11.5 Å². The quantitative estimate of drug-likeness (QED) is 0.582. The Bertz CT molecular complexity index is 889. The number of para-hydroxylation sites is 1. The van der Waals surface area contributed by atoms with Crippen LogP contribution in [0.3, 0.4) is 0 Å². The largest absolute Gasteiger partial charge is 0.454 e. The Morgan fingerprint density at radius 2 is 1.77 bits per heavy atom. The Morgan fingerprint density at radius 3 is 2.68 bits per heavy atom. The molecule has 2 heterocycles. The van der Waals surface area contributed by atoms with Crippen molar-refractivity contribution in [3.05, 3.63) is 63.4 Å². The van der Waals surface area contributed by atoms with Gasteiger partial charge in [0, 0.05) is 8.96 Å². The van der Waals surface area contributed by atoms with Gasteiger partial charge in [-0.05, 0) is 58.5 Å². The smallest absolute Gasteiger partial charge is 0.231 e. The van der Waals surface area contributed by atoms with Crippen molar-refractivity contribution < 1.29 is 9.47 Å². The van der Waals surface area contributed by atoms with Crippen molar-refractivity contribution in [1.29, 1.82) is 0 Å². The van der Waals surface area contributed by atoms with Gasteiger partial charge in [-0.15, -0.1) is 0 Å². The van der Waals surface area contributed by atoms with Gasteiger partial charge in [0.05, 0.1) is 11.2 Å². The Kier molecular flexibility index (Phi) is 3.46. The molecule has 2 aromatic carbocycles. The Morgan fingerprint density at radius 1 is 0.955 bits per heavy atom. The third kappa shape index (κ3) is 2.54. The summed E-state index contributed by atoms with van der Waals surface area (Å²) in [6.45, 7) is 0.296. The minimum Gasteiger partial charge on any atom is -0.454 e. The highest BCUT2D eigenvalue weighted by atomic mass is 127. The maximum absolute atomic E-state index is 5.43. The second kappa shape index (κ2) is 5.61. The zero-order chi connectivity index (χ0) is 14.9. The second-order valence-corrected chi connectivity index (χ2v) is 6.15. The van der Waals surface area contributed by atoms with E-state index in [0.717, 1.165) is 37.2 Å². The Hall–Kier alpha value is -2.08. The molecule has 0 saturated carbocycles. The van der Waals surface area contributed by atoms with E-state index in [2.05, 4.69) is 45.8 Å². The lowest BCUT2D eigenvalue weighted by Gasteiger charge is -2.02. The van der Waals surface area contributed by atoms with Gasteiger partial charge < -0.3 is 9.47 Å². The molecule has 1 aromatic heterocycles. The first kappa shape index (κ1) is 13.6. The molecule has 0 spiro atoms. The van der Waals surface area contributed by atoms with Crippen molar-refractivity contribution in [2.45, 2.75) is 0 Å². The number of aromatic nitrogens is 1. The van der Waals surface area contributed by atoms with Crippen LogP contribution in [0.5, 0.6) is 11.5 Å². The third-order valence-corrected chi connectivity index (χ3v) is 4.48. The summed E-state index contributed by atoms with van der Waals surface area (Å²) in [5.41, 5.74) is 3.04. The van der Waals surface area contributed by atoms with Gasteiger partial charge >= 0.3 is 0 Å². The van der Waals surface area contributed by atoms with E-state index in [0.29, 0.717) is 6.79 Å². The van der Waals surface area contributed by atoms with Gasteiger partial charge in [-0.3, -0.25) is 0 Å². The van der Waals surface area contributed by atoms with Gasteiger partial charge in [-0.25, -0.2) is 4.98 Å². The van der Waals surface area contributed by atoms with E-state index >= 15 is 0 Å². The molecule has 0 bridgehead atoms. The van der Waals surface area contributed by atoms with Gasteiger partial charge in [0.25, 0.3) is 0 Å². The van der Waals surface area contributed by atoms with Crippen LogP contribution in [0.25, 0.3) is 23.1 Å². The first-order chi connectivity index (χ1) is 10.8. The predicted octanol–water partition coefficient (Wildman–Crippen LogP) is 4.74. The van der Waals surface area contributed by atoms with E-state index in [1.807, 2.05) is 42.5 Å². The number of ether oxygens (including phenoxy) is 2. The molecule has 0 atom stereocenters. The average Bonchev–Trinajstić information content (AvgIpc) is 2.99. The fraction of sp³-hybridized carbons (Fsp3) is 0.0556. The second-order valence-electron chi connectivity index (χ2n) is 4.99. The maximum Gasteiger partial charge on any atom is 0.231 e. The van der Waals surface area contributed by atoms with Gasteiger partial charge in [0.2, 0.25) is 6.79 Å². The van der Waals surface area contributed by atoms with Gasteiger partial charge in [0.15, 0.2) is 11.5 Å². The molecule has 4 rings (SSSR count). The van der Waals surface area contributed by atoms with Crippen molar-refractivity contribution in [2.75, 3.05) is 6.79 Å². The zero-order valence-corrected chi connectivity index (χ0v) is 13.8. The molecular weight excluding hydrogens is 389 g/mol. The van der Waals surface area contributed by atoms with Crippen molar-refractivity contribution >= 4 is 45.6 Å². The SMILES string of the molecule is Ic1cc2c(cc1/C=C\c1ccc3ccccc3n1)OCO2. The summed E-state index contributed by atoms with van der Waals surface area (Å²) in [5, 5.41) is 1.15. The van der Waals surface area contributed by atoms with Crippen LogP contribution in [0.15, 0.2) is 48.5 Å².